The van der Waals surface area contributed by atoms with E-state index in [-0.39, 0.29) is 5.56 Å². The molecule has 0 aliphatic rings. The average Bonchev–Trinajstić information content (AvgIpc) is 2.67. The molecule has 4 aromatic heterocycles. The SMILES string of the molecule is CC(C)c1cnnc(Nc2ccc3ncc(-c4cc[nH]c(=O)c4)cc3n2)c1. The molecule has 0 atom stereocenters. The molecule has 27 heavy (non-hydrogen) atoms. The lowest BCUT2D eigenvalue weighted by Crippen LogP contribution is -2.02. The maximum absolute atomic E-state index is 11.5. The Morgan fingerprint density at radius 3 is 2.67 bits per heavy atom. The van der Waals surface area contributed by atoms with Crippen LogP contribution in [0.2, 0.25) is 0 Å². The molecule has 0 amide bonds. The Morgan fingerprint density at radius 2 is 1.85 bits per heavy atom. The maximum Gasteiger partial charge on any atom is 0.248 e. The Hall–Kier alpha value is -3.61. The van der Waals surface area contributed by atoms with Gasteiger partial charge < -0.3 is 10.3 Å². The van der Waals surface area contributed by atoms with E-state index in [1.165, 1.54) is 6.07 Å². The number of nitrogens with one attached hydrogen (secondary N) is 2. The van der Waals surface area contributed by atoms with Crippen LogP contribution in [0.5, 0.6) is 0 Å². The fourth-order valence-electron chi connectivity index (χ4n) is 2.75. The molecule has 0 saturated heterocycles. The second kappa shape index (κ2) is 6.95. The zero-order valence-corrected chi connectivity index (χ0v) is 15.0. The van der Waals surface area contributed by atoms with E-state index in [9.17, 15) is 4.79 Å². The van der Waals surface area contributed by atoms with E-state index in [0.717, 1.165) is 27.7 Å². The molecule has 0 aliphatic carbocycles. The number of aromatic amines is 1. The molecule has 0 spiro atoms. The number of rotatable bonds is 4. The van der Waals surface area contributed by atoms with Gasteiger partial charge in [-0.1, -0.05) is 13.8 Å². The Bertz CT molecular complexity index is 1170. The minimum atomic E-state index is -0.153. The van der Waals surface area contributed by atoms with Gasteiger partial charge in [-0.3, -0.25) is 9.78 Å². The van der Waals surface area contributed by atoms with Gasteiger partial charge in [0.15, 0.2) is 5.82 Å². The summed E-state index contributed by atoms with van der Waals surface area (Å²) < 4.78 is 0. The molecule has 0 aromatic carbocycles. The van der Waals surface area contributed by atoms with Crippen LogP contribution in [0.25, 0.3) is 22.2 Å². The highest BCUT2D eigenvalue weighted by atomic mass is 16.1. The summed E-state index contributed by atoms with van der Waals surface area (Å²) in [6, 6.07) is 11.0. The molecular formula is C20H18N6O. The van der Waals surface area contributed by atoms with Gasteiger partial charge in [-0.2, -0.15) is 5.10 Å². The fourth-order valence-corrected chi connectivity index (χ4v) is 2.75. The summed E-state index contributed by atoms with van der Waals surface area (Å²) in [5, 5.41) is 11.4. The first-order valence-corrected chi connectivity index (χ1v) is 8.64. The lowest BCUT2D eigenvalue weighted by Gasteiger charge is -2.09. The van der Waals surface area contributed by atoms with Gasteiger partial charge >= 0.3 is 0 Å². The predicted molar refractivity (Wildman–Crippen MR) is 105 cm³/mol. The third-order valence-corrected chi connectivity index (χ3v) is 4.24. The molecule has 4 heterocycles. The molecule has 0 saturated carbocycles. The van der Waals surface area contributed by atoms with E-state index in [0.29, 0.717) is 17.6 Å². The van der Waals surface area contributed by atoms with Gasteiger partial charge in [0.2, 0.25) is 5.56 Å². The zero-order chi connectivity index (χ0) is 18.8. The molecule has 0 aliphatic heterocycles. The lowest BCUT2D eigenvalue weighted by molar-refractivity contribution is 0.843. The number of anilines is 2. The van der Waals surface area contributed by atoms with Gasteiger partial charge in [0.05, 0.1) is 17.2 Å². The average molecular weight is 358 g/mol. The Kier molecular flexibility index (Phi) is 4.33. The van der Waals surface area contributed by atoms with Crippen molar-refractivity contribution in [2.24, 2.45) is 0 Å². The predicted octanol–water partition coefficient (Wildman–Crippen LogP) is 3.64. The van der Waals surface area contributed by atoms with Crippen LogP contribution in [0, 0.1) is 0 Å². The number of aromatic nitrogens is 5. The van der Waals surface area contributed by atoms with Gasteiger partial charge in [0.25, 0.3) is 0 Å². The zero-order valence-electron chi connectivity index (χ0n) is 15.0. The van der Waals surface area contributed by atoms with E-state index in [4.69, 9.17) is 0 Å². The molecule has 4 aromatic rings. The molecule has 7 heteroatoms. The minimum Gasteiger partial charge on any atom is -0.329 e. The number of pyridine rings is 3. The summed E-state index contributed by atoms with van der Waals surface area (Å²) in [7, 11) is 0. The van der Waals surface area contributed by atoms with E-state index in [1.807, 2.05) is 30.3 Å². The fraction of sp³-hybridized carbons (Fsp3) is 0.150. The van der Waals surface area contributed by atoms with Gasteiger partial charge in [-0.25, -0.2) is 4.98 Å². The quantitative estimate of drug-likeness (QED) is 0.578. The number of hydrogen-bond acceptors (Lipinski definition) is 6. The third kappa shape index (κ3) is 3.67. The van der Waals surface area contributed by atoms with Crippen molar-refractivity contribution in [2.75, 3.05) is 5.32 Å². The molecule has 2 N–H and O–H groups in total. The van der Waals surface area contributed by atoms with Crippen molar-refractivity contribution in [2.45, 2.75) is 19.8 Å². The number of H-pyrrole nitrogens is 1. The van der Waals surface area contributed by atoms with Crippen LogP contribution in [-0.4, -0.2) is 25.1 Å². The van der Waals surface area contributed by atoms with Crippen LogP contribution in [-0.2, 0) is 0 Å². The smallest absolute Gasteiger partial charge is 0.248 e. The molecule has 0 radical (unpaired) electrons. The number of hydrogen-bond donors (Lipinski definition) is 2. The summed E-state index contributed by atoms with van der Waals surface area (Å²) in [5.41, 5.74) is 4.08. The summed E-state index contributed by atoms with van der Waals surface area (Å²) in [4.78, 5) is 23.2. The highest BCUT2D eigenvalue weighted by molar-refractivity contribution is 5.81. The number of nitrogens with zero attached hydrogens (tertiary/aromatic N) is 4. The summed E-state index contributed by atoms with van der Waals surface area (Å²) in [5.74, 6) is 1.67. The highest BCUT2D eigenvalue weighted by Gasteiger charge is 2.06. The van der Waals surface area contributed by atoms with Crippen molar-refractivity contribution in [3.05, 3.63) is 70.9 Å². The second-order valence-corrected chi connectivity index (χ2v) is 6.55. The van der Waals surface area contributed by atoms with E-state index in [2.05, 4.69) is 44.3 Å². The Morgan fingerprint density at radius 1 is 0.963 bits per heavy atom. The Balaban J connectivity index is 1.69. The van der Waals surface area contributed by atoms with Crippen molar-refractivity contribution in [1.82, 2.24) is 25.1 Å². The van der Waals surface area contributed by atoms with Crippen LogP contribution in [0.4, 0.5) is 11.6 Å². The normalized spacial score (nSPS) is 11.1. The van der Waals surface area contributed by atoms with Crippen LogP contribution in [0.3, 0.4) is 0 Å². The first-order chi connectivity index (χ1) is 13.1. The van der Waals surface area contributed by atoms with Crippen LogP contribution in [0.15, 0.2) is 59.8 Å². The largest absolute Gasteiger partial charge is 0.329 e. The van der Waals surface area contributed by atoms with Crippen molar-refractivity contribution in [3.63, 3.8) is 0 Å². The van der Waals surface area contributed by atoms with Crippen LogP contribution < -0.4 is 10.9 Å². The topological polar surface area (TPSA) is 96.5 Å². The minimum absolute atomic E-state index is 0.153. The van der Waals surface area contributed by atoms with E-state index < -0.39 is 0 Å². The molecule has 134 valence electrons. The summed E-state index contributed by atoms with van der Waals surface area (Å²) >= 11 is 0. The van der Waals surface area contributed by atoms with E-state index >= 15 is 0 Å². The summed E-state index contributed by atoms with van der Waals surface area (Å²) in [6.45, 7) is 4.22. The third-order valence-electron chi connectivity index (χ3n) is 4.24. The molecular weight excluding hydrogens is 340 g/mol. The molecule has 0 unspecified atom stereocenters. The van der Waals surface area contributed by atoms with Crippen molar-refractivity contribution in [1.29, 1.82) is 0 Å². The lowest BCUT2D eigenvalue weighted by atomic mass is 10.1. The van der Waals surface area contributed by atoms with Crippen LogP contribution in [0.1, 0.15) is 25.3 Å². The monoisotopic (exact) mass is 358 g/mol. The molecule has 0 fully saturated rings. The van der Waals surface area contributed by atoms with Crippen molar-refractivity contribution >= 4 is 22.7 Å². The molecule has 4 rings (SSSR count). The first kappa shape index (κ1) is 16.8. The molecule has 7 nitrogen and oxygen atoms in total. The summed E-state index contributed by atoms with van der Waals surface area (Å²) in [6.07, 6.45) is 5.12. The van der Waals surface area contributed by atoms with Crippen LogP contribution >= 0.6 is 0 Å². The standard InChI is InChI=1S/C20H18N6O/c1-12(2)14-8-19(26-23-11-14)25-18-4-3-16-17(24-18)7-15(10-22-16)13-5-6-21-20(27)9-13/h3-12H,1-2H3,(H,21,27)(H,24,25,26). The maximum atomic E-state index is 11.5. The molecule has 0 bridgehead atoms. The van der Waals surface area contributed by atoms with Gasteiger partial charge in [-0.15, -0.1) is 5.10 Å². The van der Waals surface area contributed by atoms with Crippen molar-refractivity contribution in [3.8, 4) is 11.1 Å². The van der Waals surface area contributed by atoms with Crippen molar-refractivity contribution < 1.29 is 0 Å². The first-order valence-electron chi connectivity index (χ1n) is 8.64. The van der Waals surface area contributed by atoms with E-state index in [1.54, 1.807) is 18.6 Å². The van der Waals surface area contributed by atoms with Gasteiger partial charge in [-0.05, 0) is 47.4 Å². The van der Waals surface area contributed by atoms with Gasteiger partial charge in [0, 0.05) is 24.0 Å². The Labute approximate surface area is 155 Å². The number of fused-ring (bicyclic) bond motifs is 1. The second-order valence-electron chi connectivity index (χ2n) is 6.55. The highest BCUT2D eigenvalue weighted by Crippen LogP contribution is 2.23. The van der Waals surface area contributed by atoms with Gasteiger partial charge in [0.1, 0.15) is 5.82 Å².